The molecule has 0 aliphatic rings. The van der Waals surface area contributed by atoms with Crippen LogP contribution in [0.3, 0.4) is 0 Å². The lowest BCUT2D eigenvalue weighted by Gasteiger charge is -2.19. The fourth-order valence-corrected chi connectivity index (χ4v) is 3.25. The van der Waals surface area contributed by atoms with Gasteiger partial charge in [0.1, 0.15) is 40.5 Å². The van der Waals surface area contributed by atoms with Gasteiger partial charge in [-0.25, -0.2) is 4.79 Å². The molecule has 2 aromatic carbocycles. The minimum atomic E-state index is -0.814. The van der Waals surface area contributed by atoms with E-state index >= 15 is 0 Å². The third-order valence-electron chi connectivity index (χ3n) is 5.04. The minimum absolute atomic E-state index is 0.00863. The first-order valence-corrected chi connectivity index (χ1v) is 10.2. The Bertz CT molecular complexity index is 1210. The first kappa shape index (κ1) is 23.6. The zero-order chi connectivity index (χ0) is 24.1. The van der Waals surface area contributed by atoms with E-state index in [0.29, 0.717) is 11.3 Å². The topological polar surface area (TPSA) is 124 Å². The van der Waals surface area contributed by atoms with E-state index in [2.05, 4.69) is 10.1 Å². The molecule has 0 aliphatic carbocycles. The molecular formula is C24H25NO8. The summed E-state index contributed by atoms with van der Waals surface area (Å²) in [6.07, 6.45) is 1.30. The summed E-state index contributed by atoms with van der Waals surface area (Å²) in [5.41, 5.74) is 0.563. The number of carbonyl (C=O) groups is 2. The van der Waals surface area contributed by atoms with E-state index in [4.69, 9.17) is 13.9 Å². The van der Waals surface area contributed by atoms with E-state index < -0.39 is 30.0 Å². The molecule has 9 nitrogen and oxygen atoms in total. The fourth-order valence-electron chi connectivity index (χ4n) is 3.25. The molecule has 174 valence electrons. The summed E-state index contributed by atoms with van der Waals surface area (Å²) in [5.74, 6) is -0.869. The molecule has 0 aliphatic heterocycles. The number of amides is 1. The lowest BCUT2D eigenvalue weighted by molar-refractivity contribution is -0.146. The highest BCUT2D eigenvalue weighted by molar-refractivity contribution is 5.88. The second-order valence-electron chi connectivity index (χ2n) is 7.62. The molecule has 1 aromatic heterocycles. The van der Waals surface area contributed by atoms with Crippen LogP contribution in [0.1, 0.15) is 13.8 Å². The Kier molecular flexibility index (Phi) is 7.22. The number of aromatic hydroxyl groups is 1. The standard InChI is InChI=1S/C24H25NO8/c1-13(2)22(24(29)31-4)25-20(27)12-32-16-9-18(26)21-19(10-16)33-11-17(23(21)28)14-5-7-15(30-3)8-6-14/h5-11,13,22,26H,12H2,1-4H3,(H,25,27)/t22-/m1/s1. The van der Waals surface area contributed by atoms with Gasteiger partial charge in [0.25, 0.3) is 5.91 Å². The van der Waals surface area contributed by atoms with Crippen molar-refractivity contribution < 1.29 is 33.3 Å². The second-order valence-corrected chi connectivity index (χ2v) is 7.62. The van der Waals surface area contributed by atoms with Gasteiger partial charge in [0.2, 0.25) is 5.43 Å². The average molecular weight is 455 g/mol. The summed E-state index contributed by atoms with van der Waals surface area (Å²) in [6.45, 7) is 3.12. The summed E-state index contributed by atoms with van der Waals surface area (Å²) < 4.78 is 20.8. The number of hydrogen-bond acceptors (Lipinski definition) is 8. The van der Waals surface area contributed by atoms with Crippen molar-refractivity contribution in [1.29, 1.82) is 0 Å². The predicted octanol–water partition coefficient (Wildman–Crippen LogP) is 2.87. The van der Waals surface area contributed by atoms with Gasteiger partial charge in [-0.05, 0) is 23.6 Å². The van der Waals surface area contributed by atoms with Crippen molar-refractivity contribution in [3.05, 3.63) is 52.9 Å². The van der Waals surface area contributed by atoms with Crippen LogP contribution in [-0.2, 0) is 14.3 Å². The first-order valence-electron chi connectivity index (χ1n) is 10.2. The highest BCUT2D eigenvalue weighted by atomic mass is 16.5. The van der Waals surface area contributed by atoms with E-state index in [1.54, 1.807) is 45.2 Å². The zero-order valence-corrected chi connectivity index (χ0v) is 18.7. The molecule has 0 radical (unpaired) electrons. The molecular weight excluding hydrogens is 430 g/mol. The minimum Gasteiger partial charge on any atom is -0.507 e. The number of esters is 1. The molecule has 33 heavy (non-hydrogen) atoms. The van der Waals surface area contributed by atoms with Gasteiger partial charge < -0.3 is 29.1 Å². The quantitative estimate of drug-likeness (QED) is 0.497. The lowest BCUT2D eigenvalue weighted by atomic mass is 10.0. The van der Waals surface area contributed by atoms with Crippen LogP contribution < -0.4 is 20.2 Å². The molecule has 0 saturated heterocycles. The van der Waals surface area contributed by atoms with Crippen molar-refractivity contribution in [2.75, 3.05) is 20.8 Å². The van der Waals surface area contributed by atoms with Crippen LogP contribution >= 0.6 is 0 Å². The average Bonchev–Trinajstić information content (AvgIpc) is 2.80. The van der Waals surface area contributed by atoms with Crippen LogP contribution in [0.2, 0.25) is 0 Å². The fraction of sp³-hybridized carbons (Fsp3) is 0.292. The van der Waals surface area contributed by atoms with E-state index in [-0.39, 0.29) is 33.9 Å². The monoisotopic (exact) mass is 455 g/mol. The van der Waals surface area contributed by atoms with E-state index in [1.807, 2.05) is 0 Å². The summed E-state index contributed by atoms with van der Waals surface area (Å²) >= 11 is 0. The van der Waals surface area contributed by atoms with Crippen LogP contribution in [0, 0.1) is 5.92 Å². The summed E-state index contributed by atoms with van der Waals surface area (Å²) in [4.78, 5) is 37.0. The van der Waals surface area contributed by atoms with E-state index in [0.717, 1.165) is 0 Å². The highest BCUT2D eigenvalue weighted by Crippen LogP contribution is 2.30. The number of nitrogens with one attached hydrogen (secondary N) is 1. The Hall–Kier alpha value is -4.01. The number of carbonyl (C=O) groups excluding carboxylic acids is 2. The van der Waals surface area contributed by atoms with Crippen molar-refractivity contribution in [2.24, 2.45) is 5.92 Å². The smallest absolute Gasteiger partial charge is 0.328 e. The SMILES string of the molecule is COC(=O)[C@H](NC(=O)COc1cc(O)c2c(=O)c(-c3ccc(OC)cc3)coc2c1)C(C)C. The molecule has 3 aromatic rings. The molecule has 1 atom stereocenters. The molecule has 1 heterocycles. The van der Waals surface area contributed by atoms with Crippen molar-refractivity contribution in [3.63, 3.8) is 0 Å². The number of ether oxygens (including phenoxy) is 3. The van der Waals surface area contributed by atoms with Crippen molar-refractivity contribution >= 4 is 22.8 Å². The van der Waals surface area contributed by atoms with Crippen LogP contribution in [-0.4, -0.2) is 43.9 Å². The van der Waals surface area contributed by atoms with E-state index in [9.17, 15) is 19.5 Å². The number of hydrogen-bond donors (Lipinski definition) is 2. The van der Waals surface area contributed by atoms with Crippen molar-refractivity contribution in [1.82, 2.24) is 5.32 Å². The molecule has 0 spiro atoms. The number of phenolic OH excluding ortho intramolecular Hbond substituents is 1. The van der Waals surface area contributed by atoms with Gasteiger partial charge in [-0.3, -0.25) is 9.59 Å². The molecule has 0 saturated carbocycles. The number of fused-ring (bicyclic) bond motifs is 1. The zero-order valence-electron chi connectivity index (χ0n) is 18.7. The number of benzene rings is 2. The molecule has 1 amide bonds. The van der Waals surface area contributed by atoms with Gasteiger partial charge in [-0.15, -0.1) is 0 Å². The molecule has 0 unspecified atom stereocenters. The number of phenols is 1. The Balaban J connectivity index is 1.80. The molecule has 9 heteroatoms. The van der Waals surface area contributed by atoms with Gasteiger partial charge in [0.15, 0.2) is 6.61 Å². The van der Waals surface area contributed by atoms with Crippen molar-refractivity contribution in [3.8, 4) is 28.4 Å². The maximum atomic E-state index is 13.0. The molecule has 0 fully saturated rings. The Labute approximate surface area is 189 Å². The largest absolute Gasteiger partial charge is 0.507 e. The van der Waals surface area contributed by atoms with Crippen LogP contribution in [0.15, 0.2) is 51.9 Å². The second kappa shape index (κ2) is 10.1. The third kappa shape index (κ3) is 5.25. The Morgan fingerprint density at radius 2 is 1.79 bits per heavy atom. The molecule has 0 bridgehead atoms. The maximum Gasteiger partial charge on any atom is 0.328 e. The normalized spacial score (nSPS) is 11.8. The maximum absolute atomic E-state index is 13.0. The highest BCUT2D eigenvalue weighted by Gasteiger charge is 2.25. The van der Waals surface area contributed by atoms with Gasteiger partial charge >= 0.3 is 5.97 Å². The van der Waals surface area contributed by atoms with Gasteiger partial charge in [-0.1, -0.05) is 26.0 Å². The molecule has 2 N–H and O–H groups in total. The summed E-state index contributed by atoms with van der Waals surface area (Å²) in [7, 11) is 2.79. The van der Waals surface area contributed by atoms with Gasteiger partial charge in [-0.2, -0.15) is 0 Å². The summed E-state index contributed by atoms with van der Waals surface area (Å²) in [5, 5.41) is 13.0. The van der Waals surface area contributed by atoms with Gasteiger partial charge in [0.05, 0.1) is 19.8 Å². The van der Waals surface area contributed by atoms with Crippen LogP contribution in [0.4, 0.5) is 0 Å². The predicted molar refractivity (Wildman–Crippen MR) is 120 cm³/mol. The van der Waals surface area contributed by atoms with E-state index in [1.165, 1.54) is 25.5 Å². The van der Waals surface area contributed by atoms with Gasteiger partial charge in [0, 0.05) is 12.1 Å². The number of methoxy groups -OCH3 is 2. The van der Waals surface area contributed by atoms with Crippen molar-refractivity contribution in [2.45, 2.75) is 19.9 Å². The Morgan fingerprint density at radius 1 is 1.09 bits per heavy atom. The lowest BCUT2D eigenvalue weighted by Crippen LogP contribution is -2.46. The first-order chi connectivity index (χ1) is 15.7. The van der Waals surface area contributed by atoms with Crippen LogP contribution in [0.25, 0.3) is 22.1 Å². The third-order valence-corrected chi connectivity index (χ3v) is 5.04. The molecule has 3 rings (SSSR count). The Morgan fingerprint density at radius 3 is 2.39 bits per heavy atom. The van der Waals surface area contributed by atoms with Crippen LogP contribution in [0.5, 0.6) is 17.2 Å². The summed E-state index contributed by atoms with van der Waals surface area (Å²) in [6, 6.07) is 8.67. The number of rotatable bonds is 8.